The predicted molar refractivity (Wildman–Crippen MR) is 128 cm³/mol. The first-order valence-electron chi connectivity index (χ1n) is 11.0. The molecular formula is C26H22F2N2O3S. The molecule has 1 aliphatic carbocycles. The van der Waals surface area contributed by atoms with Crippen molar-refractivity contribution < 1.29 is 23.8 Å². The topological polar surface area (TPSA) is 82.5 Å². The van der Waals surface area contributed by atoms with E-state index in [4.69, 9.17) is 0 Å². The van der Waals surface area contributed by atoms with Crippen LogP contribution < -0.4 is 5.32 Å². The van der Waals surface area contributed by atoms with E-state index in [0.29, 0.717) is 39.3 Å². The highest BCUT2D eigenvalue weighted by Crippen LogP contribution is 2.41. The van der Waals surface area contributed by atoms with Crippen LogP contribution in [-0.4, -0.2) is 21.2 Å². The SMILES string of the molecule is O=C(O)C1CCCC1[C@@H](O)c1ccc(-c2ccc(Nc3nc4ccc(F)cc4s3)c(F)c2)cc1. The number of benzene rings is 3. The molecular weight excluding hydrogens is 458 g/mol. The first-order chi connectivity index (χ1) is 16.4. The number of aliphatic hydroxyl groups excluding tert-OH is 1. The summed E-state index contributed by atoms with van der Waals surface area (Å²) in [5.41, 5.74) is 3.00. The molecule has 3 aromatic carbocycles. The average molecular weight is 481 g/mol. The molecule has 0 amide bonds. The van der Waals surface area contributed by atoms with Crippen molar-refractivity contribution in [2.45, 2.75) is 25.4 Å². The lowest BCUT2D eigenvalue weighted by Crippen LogP contribution is -2.23. The summed E-state index contributed by atoms with van der Waals surface area (Å²) in [7, 11) is 0. The van der Waals surface area contributed by atoms with Gasteiger partial charge in [0.25, 0.3) is 0 Å². The summed E-state index contributed by atoms with van der Waals surface area (Å²) < 4.78 is 28.9. The molecule has 0 radical (unpaired) electrons. The van der Waals surface area contributed by atoms with E-state index in [2.05, 4.69) is 10.3 Å². The van der Waals surface area contributed by atoms with Crippen molar-refractivity contribution in [3.8, 4) is 11.1 Å². The summed E-state index contributed by atoms with van der Waals surface area (Å²) in [4.78, 5) is 15.8. The molecule has 4 aromatic rings. The molecule has 8 heteroatoms. The van der Waals surface area contributed by atoms with E-state index in [-0.39, 0.29) is 17.4 Å². The first-order valence-corrected chi connectivity index (χ1v) is 11.8. The fourth-order valence-electron chi connectivity index (χ4n) is 4.66. The van der Waals surface area contributed by atoms with Crippen LogP contribution in [0.3, 0.4) is 0 Å². The Kier molecular flexibility index (Phi) is 6.02. The van der Waals surface area contributed by atoms with Crippen LogP contribution in [0.2, 0.25) is 0 Å². The van der Waals surface area contributed by atoms with Gasteiger partial charge in [0.15, 0.2) is 5.13 Å². The lowest BCUT2D eigenvalue weighted by molar-refractivity contribution is -0.144. The van der Waals surface area contributed by atoms with E-state index < -0.39 is 23.8 Å². The van der Waals surface area contributed by atoms with Crippen LogP contribution in [0.4, 0.5) is 19.6 Å². The minimum atomic E-state index is -0.861. The summed E-state index contributed by atoms with van der Waals surface area (Å²) in [5.74, 6) is -2.49. The zero-order chi connectivity index (χ0) is 23.8. The number of nitrogens with one attached hydrogen (secondary N) is 1. The molecule has 5 nitrogen and oxygen atoms in total. The van der Waals surface area contributed by atoms with Gasteiger partial charge in [-0.05, 0) is 59.9 Å². The highest BCUT2D eigenvalue weighted by Gasteiger charge is 2.37. The number of hydrogen-bond donors (Lipinski definition) is 3. The number of fused-ring (bicyclic) bond motifs is 1. The monoisotopic (exact) mass is 480 g/mol. The Hall–Kier alpha value is -3.36. The van der Waals surface area contributed by atoms with Gasteiger partial charge in [0.05, 0.1) is 27.9 Å². The largest absolute Gasteiger partial charge is 0.481 e. The van der Waals surface area contributed by atoms with Gasteiger partial charge in [-0.25, -0.2) is 13.8 Å². The van der Waals surface area contributed by atoms with Crippen LogP contribution in [0.15, 0.2) is 60.7 Å². The number of halogens is 2. The van der Waals surface area contributed by atoms with Crippen molar-refractivity contribution >= 4 is 38.3 Å². The maximum absolute atomic E-state index is 14.8. The predicted octanol–water partition coefficient (Wildman–Crippen LogP) is 6.52. The zero-order valence-corrected chi connectivity index (χ0v) is 18.9. The number of aromatic nitrogens is 1. The molecule has 34 heavy (non-hydrogen) atoms. The van der Waals surface area contributed by atoms with Crippen LogP contribution >= 0.6 is 11.3 Å². The number of carboxylic acid groups (broad SMARTS) is 1. The highest BCUT2D eigenvalue weighted by atomic mass is 32.1. The third-order valence-electron chi connectivity index (χ3n) is 6.44. The van der Waals surface area contributed by atoms with Gasteiger partial charge >= 0.3 is 5.97 Å². The number of nitrogens with zero attached hydrogens (tertiary/aromatic N) is 1. The summed E-state index contributed by atoms with van der Waals surface area (Å²) >= 11 is 1.24. The maximum Gasteiger partial charge on any atom is 0.306 e. The van der Waals surface area contributed by atoms with Crippen molar-refractivity contribution in [1.82, 2.24) is 4.98 Å². The molecule has 1 saturated carbocycles. The molecule has 1 fully saturated rings. The van der Waals surface area contributed by atoms with E-state index in [0.717, 1.165) is 12.0 Å². The zero-order valence-electron chi connectivity index (χ0n) is 18.0. The number of anilines is 2. The van der Waals surface area contributed by atoms with Crippen LogP contribution in [0.5, 0.6) is 0 Å². The summed E-state index contributed by atoms with van der Waals surface area (Å²) in [6, 6.07) is 16.3. The molecule has 0 bridgehead atoms. The number of aliphatic hydroxyl groups is 1. The molecule has 0 spiro atoms. The van der Waals surface area contributed by atoms with E-state index in [1.165, 1.54) is 29.5 Å². The van der Waals surface area contributed by atoms with E-state index >= 15 is 0 Å². The smallest absolute Gasteiger partial charge is 0.306 e. The first kappa shape index (κ1) is 22.4. The standard InChI is InChI=1S/C26H22F2N2O3S/c27-17-9-11-22-23(13-17)34-26(30-22)29-21-10-8-16(12-20(21)28)14-4-6-15(7-5-14)24(31)18-2-1-3-19(18)25(32)33/h4-13,18-19,24,31H,1-3H2,(H,29,30)(H,32,33)/t18?,19?,24-/m0/s1. The van der Waals surface area contributed by atoms with Crippen molar-refractivity contribution in [2.24, 2.45) is 11.8 Å². The highest BCUT2D eigenvalue weighted by molar-refractivity contribution is 7.22. The second-order valence-electron chi connectivity index (χ2n) is 8.56. The van der Waals surface area contributed by atoms with Crippen molar-refractivity contribution in [1.29, 1.82) is 0 Å². The number of rotatable bonds is 6. The fourth-order valence-corrected chi connectivity index (χ4v) is 5.56. The van der Waals surface area contributed by atoms with Gasteiger partial charge in [-0.3, -0.25) is 4.79 Å². The van der Waals surface area contributed by atoms with Crippen LogP contribution in [0, 0.1) is 23.5 Å². The van der Waals surface area contributed by atoms with Crippen LogP contribution in [-0.2, 0) is 4.79 Å². The van der Waals surface area contributed by atoms with Gasteiger partial charge in [-0.15, -0.1) is 0 Å². The number of carbonyl (C=O) groups is 1. The van der Waals surface area contributed by atoms with Crippen LogP contribution in [0.1, 0.15) is 30.9 Å². The molecule has 3 N–H and O–H groups in total. The Balaban J connectivity index is 1.32. The lowest BCUT2D eigenvalue weighted by atomic mass is 9.86. The van der Waals surface area contributed by atoms with Crippen molar-refractivity contribution in [3.05, 3.63) is 77.9 Å². The Morgan fingerprint density at radius 2 is 1.79 bits per heavy atom. The van der Waals surface area contributed by atoms with E-state index in [1.54, 1.807) is 42.5 Å². The second kappa shape index (κ2) is 9.12. The second-order valence-corrected chi connectivity index (χ2v) is 9.59. The third kappa shape index (κ3) is 4.38. The number of carboxylic acids is 1. The Labute approximate surface area is 198 Å². The van der Waals surface area contributed by atoms with Gasteiger partial charge in [-0.1, -0.05) is 48.1 Å². The quantitative estimate of drug-likeness (QED) is 0.293. The van der Waals surface area contributed by atoms with Gasteiger partial charge in [0.2, 0.25) is 0 Å². The van der Waals surface area contributed by atoms with Gasteiger partial charge in [0, 0.05) is 5.92 Å². The summed E-state index contributed by atoms with van der Waals surface area (Å²) in [6.45, 7) is 0. The Bertz CT molecular complexity index is 1360. The molecule has 1 aliphatic rings. The molecule has 174 valence electrons. The number of hydrogen-bond acceptors (Lipinski definition) is 5. The van der Waals surface area contributed by atoms with Crippen molar-refractivity contribution in [3.63, 3.8) is 0 Å². The van der Waals surface area contributed by atoms with Gasteiger partial charge in [0.1, 0.15) is 11.6 Å². The molecule has 2 unspecified atom stereocenters. The minimum Gasteiger partial charge on any atom is -0.481 e. The lowest BCUT2D eigenvalue weighted by Gasteiger charge is -2.22. The van der Waals surface area contributed by atoms with Crippen LogP contribution in [0.25, 0.3) is 21.3 Å². The molecule has 0 aliphatic heterocycles. The summed E-state index contributed by atoms with van der Waals surface area (Å²) in [6.07, 6.45) is 1.22. The molecule has 0 saturated heterocycles. The van der Waals surface area contributed by atoms with Gasteiger partial charge in [-0.2, -0.15) is 0 Å². The molecule has 3 atom stereocenters. The Morgan fingerprint density at radius 1 is 1.03 bits per heavy atom. The maximum atomic E-state index is 14.8. The van der Waals surface area contributed by atoms with Gasteiger partial charge < -0.3 is 15.5 Å². The minimum absolute atomic E-state index is 0.260. The number of thiazole rings is 1. The van der Waals surface area contributed by atoms with Crippen molar-refractivity contribution in [2.75, 3.05) is 5.32 Å². The normalized spacial score (nSPS) is 18.8. The molecule has 1 heterocycles. The number of aliphatic carboxylic acids is 1. The summed E-state index contributed by atoms with van der Waals surface area (Å²) in [5, 5.41) is 23.6. The average Bonchev–Trinajstić information content (AvgIpc) is 3.47. The Morgan fingerprint density at radius 3 is 2.53 bits per heavy atom. The third-order valence-corrected chi connectivity index (χ3v) is 7.37. The van der Waals surface area contributed by atoms with E-state index in [1.807, 2.05) is 0 Å². The fraction of sp³-hybridized carbons (Fsp3) is 0.231. The van der Waals surface area contributed by atoms with E-state index in [9.17, 15) is 23.8 Å². The molecule has 1 aromatic heterocycles. The molecule has 5 rings (SSSR count).